The Balaban J connectivity index is 1.38. The maximum absolute atomic E-state index is 14.5. The molecule has 0 saturated carbocycles. The number of hydrogen-bond donors (Lipinski definition) is 3. The zero-order valence-electron chi connectivity index (χ0n) is 23.7. The van der Waals surface area contributed by atoms with Gasteiger partial charge in [-0.15, -0.1) is 11.8 Å². The summed E-state index contributed by atoms with van der Waals surface area (Å²) in [5.41, 5.74) is 2.11. The number of halogens is 2. The maximum Gasteiger partial charge on any atom is 0.272 e. The van der Waals surface area contributed by atoms with Crippen molar-refractivity contribution in [1.82, 2.24) is 5.32 Å². The van der Waals surface area contributed by atoms with E-state index in [0.717, 1.165) is 5.56 Å². The molecule has 3 N–H and O–H groups in total. The Kier molecular flexibility index (Phi) is 10.4. The first-order valence-corrected chi connectivity index (χ1v) is 15.1. The normalized spacial score (nSPS) is 11.7. The molecule has 224 valence electrons. The van der Waals surface area contributed by atoms with E-state index in [9.17, 15) is 18.8 Å². The fourth-order valence-corrected chi connectivity index (χ4v) is 5.62. The third-order valence-corrected chi connectivity index (χ3v) is 8.00. The molecule has 1 unspecified atom stereocenters. The van der Waals surface area contributed by atoms with Gasteiger partial charge in [0.25, 0.3) is 11.8 Å². The minimum Gasteiger partial charge on any atom is -0.325 e. The van der Waals surface area contributed by atoms with Gasteiger partial charge in [-0.3, -0.25) is 14.4 Å². The zero-order valence-corrected chi connectivity index (χ0v) is 25.3. The molecule has 0 aliphatic carbocycles. The molecule has 0 aliphatic heterocycles. The van der Waals surface area contributed by atoms with Gasteiger partial charge in [-0.25, -0.2) is 4.39 Å². The molecule has 6 nitrogen and oxygen atoms in total. The first-order valence-electron chi connectivity index (χ1n) is 13.9. The molecule has 0 aromatic heterocycles. The minimum atomic E-state index is -0.650. The van der Waals surface area contributed by atoms with Crippen LogP contribution in [0.4, 0.5) is 15.8 Å². The number of rotatable bonds is 10. The highest BCUT2D eigenvalue weighted by Crippen LogP contribution is 2.37. The second-order valence-electron chi connectivity index (χ2n) is 9.79. The van der Waals surface area contributed by atoms with Crippen LogP contribution in [-0.2, 0) is 9.59 Å². The Morgan fingerprint density at radius 1 is 0.711 bits per heavy atom. The molecular formula is C36H27ClFN3O3S. The first kappa shape index (κ1) is 31.3. The molecule has 0 heterocycles. The lowest BCUT2D eigenvalue weighted by molar-refractivity contribution is -0.116. The number of anilines is 2. The molecule has 5 aromatic rings. The van der Waals surface area contributed by atoms with Gasteiger partial charge in [0.2, 0.25) is 5.91 Å². The molecule has 0 spiro atoms. The fraction of sp³-hybridized carbons (Fsp3) is 0.0278. The Morgan fingerprint density at radius 3 is 2.07 bits per heavy atom. The van der Waals surface area contributed by atoms with Crippen molar-refractivity contribution in [2.45, 2.75) is 10.1 Å². The highest BCUT2D eigenvalue weighted by atomic mass is 35.5. The monoisotopic (exact) mass is 635 g/mol. The Labute approximate surface area is 269 Å². The number of carbonyl (C=O) groups is 3. The van der Waals surface area contributed by atoms with Gasteiger partial charge in [-0.05, 0) is 66.2 Å². The summed E-state index contributed by atoms with van der Waals surface area (Å²) in [4.78, 5) is 40.6. The van der Waals surface area contributed by atoms with Gasteiger partial charge in [-0.2, -0.15) is 0 Å². The average Bonchev–Trinajstić information content (AvgIpc) is 3.05. The van der Waals surface area contributed by atoms with Crippen molar-refractivity contribution in [2.75, 3.05) is 10.6 Å². The second kappa shape index (κ2) is 15.0. The van der Waals surface area contributed by atoms with Crippen LogP contribution >= 0.6 is 23.4 Å². The van der Waals surface area contributed by atoms with Crippen LogP contribution in [0.2, 0.25) is 5.02 Å². The number of benzene rings is 5. The van der Waals surface area contributed by atoms with Crippen molar-refractivity contribution in [3.05, 3.63) is 167 Å². The van der Waals surface area contributed by atoms with Gasteiger partial charge in [0.15, 0.2) is 0 Å². The summed E-state index contributed by atoms with van der Waals surface area (Å²) in [5, 5.41) is 8.22. The van der Waals surface area contributed by atoms with Crippen LogP contribution in [0.15, 0.2) is 144 Å². The maximum atomic E-state index is 14.5. The number of carbonyl (C=O) groups excluding carboxylic acids is 3. The van der Waals surface area contributed by atoms with E-state index in [0.29, 0.717) is 26.9 Å². The van der Waals surface area contributed by atoms with Gasteiger partial charge in [0, 0.05) is 32.4 Å². The van der Waals surface area contributed by atoms with Crippen LogP contribution < -0.4 is 16.0 Å². The summed E-state index contributed by atoms with van der Waals surface area (Å²) >= 11 is 7.42. The quantitative estimate of drug-likeness (QED) is 0.106. The Hall–Kier alpha value is -5.18. The standard InChI is InChI=1S/C36H27ClFN3O3S/c37-27-16-9-17-28(22-27)40-36(44)33(24-11-3-1-4-12-24)45-30-19-10-18-29(23-30)39-35(43)32(21-26-15-7-8-20-31(26)38)41-34(42)25-13-5-2-6-14-25/h1-23,33H,(H,39,43)(H,40,44)(H,41,42)/b32-21-. The summed E-state index contributed by atoms with van der Waals surface area (Å²) in [5.74, 6) is -1.96. The van der Waals surface area contributed by atoms with Crippen LogP contribution in [0.1, 0.15) is 26.7 Å². The number of amides is 3. The lowest BCUT2D eigenvalue weighted by atomic mass is 10.1. The average molecular weight is 636 g/mol. The van der Waals surface area contributed by atoms with Crippen molar-refractivity contribution in [2.24, 2.45) is 0 Å². The number of hydrogen-bond acceptors (Lipinski definition) is 4. The van der Waals surface area contributed by atoms with Crippen LogP contribution in [0.3, 0.4) is 0 Å². The summed E-state index contributed by atoms with van der Waals surface area (Å²) in [6.07, 6.45) is 1.29. The highest BCUT2D eigenvalue weighted by Gasteiger charge is 2.23. The summed E-state index contributed by atoms with van der Waals surface area (Å²) < 4.78 is 14.5. The molecule has 3 amide bonds. The SMILES string of the molecule is O=C(Nc1cccc(SC(C(=O)Nc2cccc(Cl)c2)c2ccccc2)c1)/C(=C/c1ccccc1F)NC(=O)c1ccccc1. The molecular weight excluding hydrogens is 609 g/mol. The van der Waals surface area contributed by atoms with Gasteiger partial charge in [0.05, 0.1) is 0 Å². The van der Waals surface area contributed by atoms with Crippen LogP contribution in [0, 0.1) is 5.82 Å². The Morgan fingerprint density at radius 2 is 1.36 bits per heavy atom. The van der Waals surface area contributed by atoms with Crippen LogP contribution in [-0.4, -0.2) is 17.7 Å². The van der Waals surface area contributed by atoms with E-state index < -0.39 is 22.9 Å². The topological polar surface area (TPSA) is 87.3 Å². The van der Waals surface area contributed by atoms with Gasteiger partial charge < -0.3 is 16.0 Å². The minimum absolute atomic E-state index is 0.136. The van der Waals surface area contributed by atoms with E-state index >= 15 is 0 Å². The van der Waals surface area contributed by atoms with E-state index in [-0.39, 0.29) is 17.2 Å². The molecule has 9 heteroatoms. The van der Waals surface area contributed by atoms with E-state index in [1.807, 2.05) is 36.4 Å². The molecule has 1 atom stereocenters. The lowest BCUT2D eigenvalue weighted by Crippen LogP contribution is -2.30. The molecule has 0 radical (unpaired) electrons. The third-order valence-electron chi connectivity index (χ3n) is 6.51. The van der Waals surface area contributed by atoms with Crippen LogP contribution in [0.25, 0.3) is 6.08 Å². The van der Waals surface area contributed by atoms with Gasteiger partial charge in [0.1, 0.15) is 16.8 Å². The zero-order chi connectivity index (χ0) is 31.6. The van der Waals surface area contributed by atoms with Crippen molar-refractivity contribution in [3.63, 3.8) is 0 Å². The van der Waals surface area contributed by atoms with Crippen molar-refractivity contribution >= 4 is 58.5 Å². The first-order chi connectivity index (χ1) is 21.9. The summed E-state index contributed by atoms with van der Waals surface area (Å²) in [7, 11) is 0. The molecule has 0 saturated heterocycles. The van der Waals surface area contributed by atoms with E-state index in [1.165, 1.54) is 36.0 Å². The molecule has 5 aromatic carbocycles. The summed E-state index contributed by atoms with van der Waals surface area (Å²) in [6.45, 7) is 0. The molecule has 0 bridgehead atoms. The van der Waals surface area contributed by atoms with Crippen LogP contribution in [0.5, 0.6) is 0 Å². The van der Waals surface area contributed by atoms with Crippen molar-refractivity contribution in [3.8, 4) is 0 Å². The molecule has 45 heavy (non-hydrogen) atoms. The van der Waals surface area contributed by atoms with Crippen molar-refractivity contribution < 1.29 is 18.8 Å². The lowest BCUT2D eigenvalue weighted by Gasteiger charge is -2.18. The Bertz CT molecular complexity index is 1850. The molecule has 0 fully saturated rings. The van der Waals surface area contributed by atoms with E-state index in [1.54, 1.807) is 78.9 Å². The smallest absolute Gasteiger partial charge is 0.272 e. The van der Waals surface area contributed by atoms with E-state index in [4.69, 9.17) is 11.6 Å². The van der Waals surface area contributed by atoms with Gasteiger partial charge >= 0.3 is 0 Å². The number of nitrogens with one attached hydrogen (secondary N) is 3. The van der Waals surface area contributed by atoms with Crippen molar-refractivity contribution in [1.29, 1.82) is 0 Å². The third kappa shape index (κ3) is 8.69. The predicted octanol–water partition coefficient (Wildman–Crippen LogP) is 8.36. The number of thioether (sulfide) groups is 1. The predicted molar refractivity (Wildman–Crippen MR) is 178 cm³/mol. The summed E-state index contributed by atoms with van der Waals surface area (Å²) in [6, 6.07) is 37.6. The van der Waals surface area contributed by atoms with Gasteiger partial charge in [-0.1, -0.05) is 90.5 Å². The fourth-order valence-electron chi connectivity index (χ4n) is 4.35. The second-order valence-corrected chi connectivity index (χ2v) is 11.4. The van der Waals surface area contributed by atoms with E-state index in [2.05, 4.69) is 16.0 Å². The molecule has 0 aliphatic rings. The highest BCUT2D eigenvalue weighted by molar-refractivity contribution is 8.00. The largest absolute Gasteiger partial charge is 0.325 e. The molecule has 5 rings (SSSR count).